The predicted molar refractivity (Wildman–Crippen MR) is 111 cm³/mol. The summed E-state index contributed by atoms with van der Waals surface area (Å²) in [6, 6.07) is 23.6. The number of nitrogens with one attached hydrogen (secondary N) is 1. The van der Waals surface area contributed by atoms with E-state index in [1.54, 1.807) is 12.1 Å². The van der Waals surface area contributed by atoms with Gasteiger partial charge in [0.2, 0.25) is 10.0 Å². The first-order chi connectivity index (χ1) is 13.6. The van der Waals surface area contributed by atoms with Gasteiger partial charge in [0.05, 0.1) is 6.04 Å². The molecule has 2 heterocycles. The Morgan fingerprint density at radius 1 is 0.821 bits per heavy atom. The third-order valence-corrected chi connectivity index (χ3v) is 6.88. The van der Waals surface area contributed by atoms with E-state index < -0.39 is 10.0 Å². The zero-order chi connectivity index (χ0) is 19.4. The van der Waals surface area contributed by atoms with Crippen LogP contribution in [0.25, 0.3) is 0 Å². The topological polar surface area (TPSA) is 62.3 Å². The Kier molecular flexibility index (Phi) is 5.41. The molecule has 3 aromatic rings. The second-order valence-corrected chi connectivity index (χ2v) is 8.83. The van der Waals surface area contributed by atoms with Crippen LogP contribution in [0.1, 0.15) is 30.0 Å². The molecule has 1 saturated heterocycles. The number of anilines is 1. The monoisotopic (exact) mass is 393 g/mol. The Hall–Kier alpha value is -2.70. The minimum Gasteiger partial charge on any atom is -0.359 e. The van der Waals surface area contributed by atoms with Crippen LogP contribution in [0.5, 0.6) is 0 Å². The molecule has 6 heteroatoms. The van der Waals surface area contributed by atoms with Crippen molar-refractivity contribution in [3.8, 4) is 0 Å². The van der Waals surface area contributed by atoms with Crippen LogP contribution in [0.2, 0.25) is 0 Å². The van der Waals surface area contributed by atoms with Gasteiger partial charge in [-0.15, -0.1) is 0 Å². The van der Waals surface area contributed by atoms with Crippen molar-refractivity contribution in [1.29, 1.82) is 0 Å². The van der Waals surface area contributed by atoms with E-state index in [9.17, 15) is 8.42 Å². The zero-order valence-corrected chi connectivity index (χ0v) is 16.3. The number of pyridine rings is 1. The third-order valence-electron chi connectivity index (χ3n) is 5.00. The molecule has 28 heavy (non-hydrogen) atoms. The number of hydrogen-bond acceptors (Lipinski definition) is 4. The first-order valence-corrected chi connectivity index (χ1v) is 10.9. The number of nitrogens with zero attached hydrogens (tertiary/aromatic N) is 2. The summed E-state index contributed by atoms with van der Waals surface area (Å²) in [5.41, 5.74) is 2.23. The van der Waals surface area contributed by atoms with Gasteiger partial charge in [0, 0.05) is 19.3 Å². The lowest BCUT2D eigenvalue weighted by Crippen LogP contribution is -2.28. The molecule has 0 unspecified atom stereocenters. The van der Waals surface area contributed by atoms with Gasteiger partial charge >= 0.3 is 0 Å². The molecule has 1 aliphatic rings. The van der Waals surface area contributed by atoms with Gasteiger partial charge in [0.15, 0.2) is 0 Å². The first-order valence-electron chi connectivity index (χ1n) is 9.47. The zero-order valence-electron chi connectivity index (χ0n) is 15.5. The van der Waals surface area contributed by atoms with E-state index in [4.69, 9.17) is 0 Å². The maximum Gasteiger partial charge on any atom is 0.244 e. The number of rotatable bonds is 6. The van der Waals surface area contributed by atoms with E-state index in [-0.39, 0.29) is 10.9 Å². The smallest absolute Gasteiger partial charge is 0.244 e. The maximum atomic E-state index is 12.7. The SMILES string of the molecule is O=S(=O)(c1ccc(NC(c2ccccc2)c2ccccc2)nc1)N1CCCC1. The summed E-state index contributed by atoms with van der Waals surface area (Å²) in [7, 11) is -3.45. The molecule has 2 aromatic carbocycles. The molecule has 144 valence electrons. The fourth-order valence-corrected chi connectivity index (χ4v) is 4.96. The van der Waals surface area contributed by atoms with E-state index >= 15 is 0 Å². The Morgan fingerprint density at radius 2 is 1.39 bits per heavy atom. The van der Waals surface area contributed by atoms with Gasteiger partial charge in [-0.25, -0.2) is 13.4 Å². The van der Waals surface area contributed by atoms with Crippen LogP contribution in [-0.2, 0) is 10.0 Å². The van der Waals surface area contributed by atoms with Crippen LogP contribution >= 0.6 is 0 Å². The van der Waals surface area contributed by atoms with Crippen LogP contribution in [0.3, 0.4) is 0 Å². The van der Waals surface area contributed by atoms with Crippen molar-refractivity contribution < 1.29 is 8.42 Å². The van der Waals surface area contributed by atoms with Crippen molar-refractivity contribution in [3.63, 3.8) is 0 Å². The number of benzene rings is 2. The molecule has 1 aromatic heterocycles. The summed E-state index contributed by atoms with van der Waals surface area (Å²) in [5, 5.41) is 3.44. The normalized spacial score (nSPS) is 15.0. The highest BCUT2D eigenvalue weighted by atomic mass is 32.2. The van der Waals surface area contributed by atoms with Gasteiger partial charge in [-0.05, 0) is 36.1 Å². The minimum absolute atomic E-state index is 0.0732. The van der Waals surface area contributed by atoms with Crippen LogP contribution in [0.4, 0.5) is 5.82 Å². The van der Waals surface area contributed by atoms with Crippen molar-refractivity contribution in [2.75, 3.05) is 18.4 Å². The number of sulfonamides is 1. The summed E-state index contributed by atoms with van der Waals surface area (Å²) in [6.45, 7) is 1.18. The fourth-order valence-electron chi connectivity index (χ4n) is 3.49. The highest BCUT2D eigenvalue weighted by Crippen LogP contribution is 2.27. The van der Waals surface area contributed by atoms with Gasteiger partial charge in [-0.3, -0.25) is 0 Å². The Morgan fingerprint density at radius 3 is 1.89 bits per heavy atom. The molecule has 1 aliphatic heterocycles. The largest absolute Gasteiger partial charge is 0.359 e. The summed E-state index contributed by atoms with van der Waals surface area (Å²) in [6.07, 6.45) is 3.29. The third kappa shape index (κ3) is 3.93. The number of hydrogen-bond donors (Lipinski definition) is 1. The molecular weight excluding hydrogens is 370 g/mol. The highest BCUT2D eigenvalue weighted by molar-refractivity contribution is 7.89. The molecule has 0 aliphatic carbocycles. The van der Waals surface area contributed by atoms with E-state index in [1.165, 1.54) is 10.5 Å². The second kappa shape index (κ2) is 8.12. The van der Waals surface area contributed by atoms with Crippen molar-refractivity contribution in [2.24, 2.45) is 0 Å². The molecule has 0 radical (unpaired) electrons. The van der Waals surface area contributed by atoms with E-state index in [1.807, 2.05) is 36.4 Å². The Labute approximate surface area is 166 Å². The molecule has 1 N–H and O–H groups in total. The van der Waals surface area contributed by atoms with Gasteiger partial charge in [0.25, 0.3) is 0 Å². The minimum atomic E-state index is -3.45. The van der Waals surface area contributed by atoms with Gasteiger partial charge in [-0.2, -0.15) is 4.31 Å². The van der Waals surface area contributed by atoms with Gasteiger partial charge < -0.3 is 5.32 Å². The first kappa shape index (κ1) is 18.7. The summed E-state index contributed by atoms with van der Waals surface area (Å²) >= 11 is 0. The van der Waals surface area contributed by atoms with Crippen LogP contribution in [0.15, 0.2) is 83.9 Å². The second-order valence-electron chi connectivity index (χ2n) is 6.89. The van der Waals surface area contributed by atoms with E-state index in [2.05, 4.69) is 34.6 Å². The molecule has 0 saturated carbocycles. The standard InChI is InChI=1S/C22H23N3O2S/c26-28(27,25-15-7-8-16-25)20-13-14-21(23-17-20)24-22(18-9-3-1-4-10-18)19-11-5-2-6-12-19/h1-6,9-14,17,22H,7-8,15-16H2,(H,23,24). The van der Waals surface area contributed by atoms with Gasteiger partial charge in [-0.1, -0.05) is 60.7 Å². The van der Waals surface area contributed by atoms with Crippen LogP contribution < -0.4 is 5.32 Å². The fraction of sp³-hybridized carbons (Fsp3) is 0.227. The average Bonchev–Trinajstić information content (AvgIpc) is 3.30. The maximum absolute atomic E-state index is 12.7. The molecule has 5 nitrogen and oxygen atoms in total. The quantitative estimate of drug-likeness (QED) is 0.686. The van der Waals surface area contributed by atoms with Crippen LogP contribution in [0, 0.1) is 0 Å². The summed E-state index contributed by atoms with van der Waals surface area (Å²) in [4.78, 5) is 4.64. The van der Waals surface area contributed by atoms with Crippen LogP contribution in [-0.4, -0.2) is 30.8 Å². The molecule has 0 spiro atoms. The lowest BCUT2D eigenvalue weighted by molar-refractivity contribution is 0.477. The molecule has 0 bridgehead atoms. The highest BCUT2D eigenvalue weighted by Gasteiger charge is 2.27. The Balaban J connectivity index is 1.59. The lowest BCUT2D eigenvalue weighted by atomic mass is 9.99. The van der Waals surface area contributed by atoms with Crippen molar-refractivity contribution in [1.82, 2.24) is 9.29 Å². The Bertz CT molecular complexity index is 961. The van der Waals surface area contributed by atoms with Crippen molar-refractivity contribution in [3.05, 3.63) is 90.1 Å². The van der Waals surface area contributed by atoms with Gasteiger partial charge in [0.1, 0.15) is 10.7 Å². The predicted octanol–water partition coefficient (Wildman–Crippen LogP) is 4.07. The lowest BCUT2D eigenvalue weighted by Gasteiger charge is -2.21. The summed E-state index contributed by atoms with van der Waals surface area (Å²) < 4.78 is 26.9. The van der Waals surface area contributed by atoms with E-state index in [0.29, 0.717) is 18.9 Å². The molecule has 0 atom stereocenters. The van der Waals surface area contributed by atoms with E-state index in [0.717, 1.165) is 24.0 Å². The average molecular weight is 394 g/mol. The molecular formula is C22H23N3O2S. The molecule has 1 fully saturated rings. The number of aromatic nitrogens is 1. The van der Waals surface area contributed by atoms with Crippen molar-refractivity contribution in [2.45, 2.75) is 23.8 Å². The summed E-state index contributed by atoms with van der Waals surface area (Å²) in [5.74, 6) is 0.637. The van der Waals surface area contributed by atoms with Crippen molar-refractivity contribution >= 4 is 15.8 Å². The molecule has 4 rings (SSSR count). The molecule has 0 amide bonds.